The Morgan fingerprint density at radius 3 is 2.34 bits per heavy atom. The fourth-order valence-corrected chi connectivity index (χ4v) is 4.66. The molecule has 1 N–H and O–H groups in total. The van der Waals surface area contributed by atoms with Crippen LogP contribution >= 0.6 is 0 Å². The van der Waals surface area contributed by atoms with Gasteiger partial charge in [-0.2, -0.15) is 9.61 Å². The van der Waals surface area contributed by atoms with Crippen LogP contribution in [0.15, 0.2) is 73.1 Å². The lowest BCUT2D eigenvalue weighted by atomic mass is 9.91. The van der Waals surface area contributed by atoms with E-state index in [2.05, 4.69) is 37.3 Å². The van der Waals surface area contributed by atoms with Gasteiger partial charge in [0.1, 0.15) is 6.33 Å². The predicted octanol–water partition coefficient (Wildman–Crippen LogP) is 4.04. The van der Waals surface area contributed by atoms with Crippen molar-refractivity contribution in [2.24, 2.45) is 5.92 Å². The number of benzene rings is 2. The van der Waals surface area contributed by atoms with Gasteiger partial charge in [-0.15, -0.1) is 15.3 Å². The SMILES string of the molecule is CN1CCC(C(Oc2nn3c(-c4ccccc4)nnc3cc2-c2ccccc2)c2nc[nH]n2)CC1. The number of nitrogens with zero attached hydrogens (tertiary/aromatic N) is 7. The smallest absolute Gasteiger partial charge is 0.240 e. The van der Waals surface area contributed by atoms with Gasteiger partial charge in [-0.05, 0) is 44.6 Å². The van der Waals surface area contributed by atoms with Crippen LogP contribution in [0.25, 0.3) is 28.2 Å². The molecule has 5 aromatic rings. The molecule has 9 heteroatoms. The highest BCUT2D eigenvalue weighted by molar-refractivity contribution is 5.73. The zero-order valence-electron chi connectivity index (χ0n) is 19.5. The number of likely N-dealkylation sites (tertiary alicyclic amines) is 1. The van der Waals surface area contributed by atoms with Crippen LogP contribution in [0.2, 0.25) is 0 Å². The van der Waals surface area contributed by atoms with Gasteiger partial charge in [0.25, 0.3) is 0 Å². The minimum Gasteiger partial charge on any atom is -0.464 e. The van der Waals surface area contributed by atoms with E-state index < -0.39 is 0 Å². The summed E-state index contributed by atoms with van der Waals surface area (Å²) in [6.45, 7) is 2.02. The number of nitrogens with one attached hydrogen (secondary N) is 1. The molecule has 1 atom stereocenters. The summed E-state index contributed by atoms with van der Waals surface area (Å²) in [4.78, 5) is 6.80. The van der Waals surface area contributed by atoms with Crippen molar-refractivity contribution < 1.29 is 4.74 Å². The van der Waals surface area contributed by atoms with Crippen molar-refractivity contribution in [1.82, 2.24) is 39.9 Å². The Labute approximate surface area is 202 Å². The second kappa shape index (κ2) is 9.27. The highest BCUT2D eigenvalue weighted by atomic mass is 16.5. The lowest BCUT2D eigenvalue weighted by Gasteiger charge is -2.33. The van der Waals surface area contributed by atoms with Crippen LogP contribution < -0.4 is 4.74 Å². The van der Waals surface area contributed by atoms with Crippen molar-refractivity contribution in [3.63, 3.8) is 0 Å². The third-order valence-electron chi connectivity index (χ3n) is 6.59. The molecule has 0 aliphatic carbocycles. The summed E-state index contributed by atoms with van der Waals surface area (Å²) >= 11 is 0. The van der Waals surface area contributed by atoms with Crippen LogP contribution in [0.4, 0.5) is 0 Å². The van der Waals surface area contributed by atoms with E-state index in [0.29, 0.717) is 23.2 Å². The summed E-state index contributed by atoms with van der Waals surface area (Å²) in [6.07, 6.45) is 3.28. The van der Waals surface area contributed by atoms with Crippen molar-refractivity contribution in [1.29, 1.82) is 0 Å². The molecule has 9 nitrogen and oxygen atoms in total. The van der Waals surface area contributed by atoms with Crippen molar-refractivity contribution in [3.05, 3.63) is 78.9 Å². The molecule has 4 heterocycles. The van der Waals surface area contributed by atoms with Crippen LogP contribution in [-0.4, -0.2) is 60.0 Å². The lowest BCUT2D eigenvalue weighted by molar-refractivity contribution is 0.0748. The number of H-pyrrole nitrogens is 1. The molecule has 1 saturated heterocycles. The van der Waals surface area contributed by atoms with Gasteiger partial charge in [-0.3, -0.25) is 5.10 Å². The molecular weight excluding hydrogens is 440 g/mol. The van der Waals surface area contributed by atoms with Crippen LogP contribution in [0, 0.1) is 5.92 Å². The van der Waals surface area contributed by atoms with E-state index in [1.54, 1.807) is 10.8 Å². The molecule has 1 aliphatic heterocycles. The summed E-state index contributed by atoms with van der Waals surface area (Å²) in [6, 6.07) is 22.0. The van der Waals surface area contributed by atoms with E-state index in [0.717, 1.165) is 42.6 Å². The van der Waals surface area contributed by atoms with Crippen LogP contribution in [0.5, 0.6) is 5.88 Å². The van der Waals surface area contributed by atoms with Crippen molar-refractivity contribution in [2.45, 2.75) is 18.9 Å². The van der Waals surface area contributed by atoms with Gasteiger partial charge >= 0.3 is 0 Å². The largest absolute Gasteiger partial charge is 0.464 e. The first kappa shape index (κ1) is 21.4. The van der Waals surface area contributed by atoms with E-state index in [-0.39, 0.29) is 12.0 Å². The van der Waals surface area contributed by atoms with E-state index in [1.807, 2.05) is 66.7 Å². The zero-order valence-corrected chi connectivity index (χ0v) is 19.5. The number of ether oxygens (including phenoxy) is 1. The minimum atomic E-state index is -0.320. The zero-order chi connectivity index (χ0) is 23.6. The summed E-state index contributed by atoms with van der Waals surface area (Å²) < 4.78 is 8.49. The van der Waals surface area contributed by atoms with Crippen molar-refractivity contribution >= 4 is 5.65 Å². The number of fused-ring (bicyclic) bond motifs is 1. The highest BCUT2D eigenvalue weighted by Crippen LogP contribution is 2.37. The Balaban J connectivity index is 1.47. The second-order valence-electron chi connectivity index (χ2n) is 8.93. The molecule has 6 rings (SSSR count). The van der Waals surface area contributed by atoms with E-state index in [4.69, 9.17) is 9.84 Å². The average molecular weight is 467 g/mol. The number of rotatable bonds is 6. The average Bonchev–Trinajstić information content (AvgIpc) is 3.59. The number of hydrogen-bond acceptors (Lipinski definition) is 7. The molecule has 0 saturated carbocycles. The Morgan fingerprint density at radius 1 is 0.943 bits per heavy atom. The van der Waals surface area contributed by atoms with Gasteiger partial charge < -0.3 is 9.64 Å². The second-order valence-corrected chi connectivity index (χ2v) is 8.93. The van der Waals surface area contributed by atoms with E-state index in [1.165, 1.54) is 0 Å². The van der Waals surface area contributed by atoms with Gasteiger partial charge in [0.2, 0.25) is 5.88 Å². The molecular formula is C26H26N8O. The number of aromatic nitrogens is 7. The predicted molar refractivity (Wildman–Crippen MR) is 132 cm³/mol. The van der Waals surface area contributed by atoms with Crippen molar-refractivity contribution in [3.8, 4) is 28.4 Å². The van der Waals surface area contributed by atoms with Crippen LogP contribution in [0.3, 0.4) is 0 Å². The van der Waals surface area contributed by atoms with Crippen LogP contribution in [0.1, 0.15) is 24.8 Å². The Morgan fingerprint density at radius 2 is 1.66 bits per heavy atom. The summed E-state index contributed by atoms with van der Waals surface area (Å²) in [5, 5.41) is 21.0. The maximum atomic E-state index is 6.74. The first-order valence-corrected chi connectivity index (χ1v) is 11.8. The normalized spacial score (nSPS) is 15.9. The van der Waals surface area contributed by atoms with E-state index >= 15 is 0 Å². The fraction of sp³-hybridized carbons (Fsp3) is 0.269. The molecule has 0 spiro atoms. The fourth-order valence-electron chi connectivity index (χ4n) is 4.66. The molecule has 2 aromatic carbocycles. The molecule has 0 bridgehead atoms. The van der Waals surface area contributed by atoms with Gasteiger partial charge in [0.15, 0.2) is 23.4 Å². The van der Waals surface area contributed by atoms with Gasteiger partial charge in [0.05, 0.1) is 0 Å². The third kappa shape index (κ3) is 4.26. The Bertz CT molecular complexity index is 1390. The lowest BCUT2D eigenvalue weighted by Crippen LogP contribution is -2.34. The number of piperidine rings is 1. The highest BCUT2D eigenvalue weighted by Gasteiger charge is 2.32. The Kier molecular flexibility index (Phi) is 5.67. The summed E-state index contributed by atoms with van der Waals surface area (Å²) in [5.74, 6) is 2.10. The molecule has 0 radical (unpaired) electrons. The molecule has 1 aliphatic rings. The molecule has 0 amide bonds. The summed E-state index contributed by atoms with van der Waals surface area (Å²) in [7, 11) is 2.15. The first-order chi connectivity index (χ1) is 17.3. The number of aromatic amines is 1. The quantitative estimate of drug-likeness (QED) is 0.403. The summed E-state index contributed by atoms with van der Waals surface area (Å²) in [5.41, 5.74) is 3.45. The topological polar surface area (TPSA) is 97.1 Å². The van der Waals surface area contributed by atoms with Gasteiger partial charge in [0, 0.05) is 17.0 Å². The van der Waals surface area contributed by atoms with Crippen molar-refractivity contribution in [2.75, 3.05) is 20.1 Å². The standard InChI is InChI=1S/C26H26N8O/c1-33-14-12-19(13-15-33)23(24-27-17-28-30-24)35-26-21(18-8-4-2-5-9-18)16-22-29-31-25(34(22)32-26)20-10-6-3-7-11-20/h2-11,16-17,19,23H,12-15H2,1H3,(H,27,28,30). The molecule has 1 unspecified atom stereocenters. The molecule has 3 aromatic heterocycles. The molecule has 176 valence electrons. The third-order valence-corrected chi connectivity index (χ3v) is 6.59. The maximum Gasteiger partial charge on any atom is 0.240 e. The van der Waals surface area contributed by atoms with Gasteiger partial charge in [-0.1, -0.05) is 60.7 Å². The van der Waals surface area contributed by atoms with Gasteiger partial charge in [-0.25, -0.2) is 4.98 Å². The minimum absolute atomic E-state index is 0.276. The maximum absolute atomic E-state index is 6.74. The molecule has 35 heavy (non-hydrogen) atoms. The molecule has 1 fully saturated rings. The number of hydrogen-bond donors (Lipinski definition) is 1. The Hall–Kier alpha value is -4.11. The first-order valence-electron chi connectivity index (χ1n) is 11.8. The monoisotopic (exact) mass is 466 g/mol. The van der Waals surface area contributed by atoms with E-state index in [9.17, 15) is 0 Å². The van der Waals surface area contributed by atoms with Crippen LogP contribution in [-0.2, 0) is 0 Å².